The highest BCUT2D eigenvalue weighted by Crippen LogP contribution is 2.37. The molecule has 0 saturated carbocycles. The number of nitrogens with zero attached hydrogens (tertiary/aromatic N) is 5. The van der Waals surface area contributed by atoms with Gasteiger partial charge in [-0.2, -0.15) is 0 Å². The molecule has 0 aliphatic carbocycles. The lowest BCUT2D eigenvalue weighted by atomic mass is 10.3. The number of anilines is 1. The summed E-state index contributed by atoms with van der Waals surface area (Å²) in [6.45, 7) is 0. The maximum absolute atomic E-state index is 10.8. The van der Waals surface area contributed by atoms with Gasteiger partial charge in [-0.05, 0) is 9.85 Å². The maximum atomic E-state index is 10.8. The van der Waals surface area contributed by atoms with Crippen LogP contribution in [0.1, 0.15) is 0 Å². The number of rotatable bonds is 4. The summed E-state index contributed by atoms with van der Waals surface area (Å²) in [5, 5.41) is 32.0. The summed E-state index contributed by atoms with van der Waals surface area (Å²) in [5.41, 5.74) is -1.14. The summed E-state index contributed by atoms with van der Waals surface area (Å²) in [7, 11) is 2.67. The molecule has 0 fully saturated rings. The molecule has 0 saturated heterocycles. The van der Waals surface area contributed by atoms with E-state index in [9.17, 15) is 30.3 Å². The lowest BCUT2D eigenvalue weighted by molar-refractivity contribution is -0.409. The quantitative estimate of drug-likeness (QED) is 0.570. The van der Waals surface area contributed by atoms with E-state index in [0.717, 1.165) is 4.90 Å². The molecular weight excluding hydrogens is 250 g/mol. The predicted octanol–water partition coefficient (Wildman–Crippen LogP) is 0.872. The standard InChI is InChI=1S/C7H7N5O6/c1-9(2)6-4(10(13)14)3-5(11(15)16)8-7(6)12(17)18/h3H,1-2H3. The average Bonchev–Trinajstić information content (AvgIpc) is 2.26. The van der Waals surface area contributed by atoms with Crippen LogP contribution in [0.25, 0.3) is 0 Å². The Labute approximate surface area is 99.1 Å². The molecule has 1 aromatic rings. The zero-order valence-corrected chi connectivity index (χ0v) is 9.26. The van der Waals surface area contributed by atoms with Crippen molar-refractivity contribution >= 4 is 23.0 Å². The van der Waals surface area contributed by atoms with Crippen LogP contribution in [0.5, 0.6) is 0 Å². The molecule has 96 valence electrons. The van der Waals surface area contributed by atoms with Gasteiger partial charge < -0.3 is 25.1 Å². The van der Waals surface area contributed by atoms with Gasteiger partial charge in [0.05, 0.1) is 4.92 Å². The van der Waals surface area contributed by atoms with E-state index in [1.165, 1.54) is 14.1 Å². The molecule has 0 atom stereocenters. The molecule has 0 aliphatic heterocycles. The minimum Gasteiger partial charge on any atom is -0.365 e. The number of pyridine rings is 1. The molecule has 11 heteroatoms. The average molecular weight is 257 g/mol. The minimum absolute atomic E-state index is 0.393. The minimum atomic E-state index is -1.03. The molecule has 0 radical (unpaired) electrons. The van der Waals surface area contributed by atoms with Gasteiger partial charge in [-0.25, -0.2) is 0 Å². The van der Waals surface area contributed by atoms with Gasteiger partial charge in [-0.1, -0.05) is 0 Å². The van der Waals surface area contributed by atoms with Gasteiger partial charge in [-0.3, -0.25) is 10.1 Å². The topological polar surface area (TPSA) is 146 Å². The normalized spacial score (nSPS) is 9.89. The molecule has 1 aromatic heterocycles. The van der Waals surface area contributed by atoms with Crippen molar-refractivity contribution in [1.29, 1.82) is 0 Å². The first-order valence-electron chi connectivity index (χ1n) is 4.41. The zero-order valence-electron chi connectivity index (χ0n) is 9.26. The third kappa shape index (κ3) is 2.28. The second kappa shape index (κ2) is 4.57. The second-order valence-electron chi connectivity index (χ2n) is 3.34. The Morgan fingerprint density at radius 2 is 1.61 bits per heavy atom. The highest BCUT2D eigenvalue weighted by molar-refractivity contribution is 5.73. The van der Waals surface area contributed by atoms with Gasteiger partial charge in [0.25, 0.3) is 0 Å². The van der Waals surface area contributed by atoms with Crippen LogP contribution >= 0.6 is 0 Å². The van der Waals surface area contributed by atoms with Crippen molar-refractivity contribution in [3.05, 3.63) is 36.4 Å². The van der Waals surface area contributed by atoms with Crippen molar-refractivity contribution < 1.29 is 14.8 Å². The molecule has 0 bridgehead atoms. The van der Waals surface area contributed by atoms with Crippen LogP contribution in [0.3, 0.4) is 0 Å². The van der Waals surface area contributed by atoms with Crippen LogP contribution in [0, 0.1) is 30.3 Å². The molecular formula is C7H7N5O6. The monoisotopic (exact) mass is 257 g/mol. The Morgan fingerprint density at radius 1 is 1.06 bits per heavy atom. The first-order valence-corrected chi connectivity index (χ1v) is 4.41. The SMILES string of the molecule is CN(C)c1c([N+](=O)[O-])cc([N+](=O)[O-])nc1[N+](=O)[O-]. The number of hydrogen-bond acceptors (Lipinski definition) is 8. The Kier molecular flexibility index (Phi) is 3.35. The fraction of sp³-hybridized carbons (Fsp3) is 0.286. The summed E-state index contributed by atoms with van der Waals surface area (Å²) in [5.74, 6) is -1.88. The van der Waals surface area contributed by atoms with Crippen molar-refractivity contribution in [1.82, 2.24) is 4.98 Å². The van der Waals surface area contributed by atoms with Gasteiger partial charge in [0.1, 0.15) is 6.07 Å². The molecule has 0 amide bonds. The van der Waals surface area contributed by atoms with Crippen LogP contribution in [0.15, 0.2) is 6.07 Å². The van der Waals surface area contributed by atoms with Crippen molar-refractivity contribution in [3.8, 4) is 0 Å². The van der Waals surface area contributed by atoms with Crippen LogP contribution in [0.4, 0.5) is 23.0 Å². The largest absolute Gasteiger partial charge is 0.399 e. The lowest BCUT2D eigenvalue weighted by Gasteiger charge is -2.11. The van der Waals surface area contributed by atoms with E-state index in [-0.39, 0.29) is 0 Å². The van der Waals surface area contributed by atoms with E-state index in [4.69, 9.17) is 0 Å². The Hall–Kier alpha value is -2.85. The van der Waals surface area contributed by atoms with E-state index in [0.29, 0.717) is 6.07 Å². The molecule has 0 aliphatic rings. The fourth-order valence-electron chi connectivity index (χ4n) is 1.29. The molecule has 11 nitrogen and oxygen atoms in total. The Bertz CT molecular complexity index is 506. The van der Waals surface area contributed by atoms with Crippen molar-refractivity contribution in [2.24, 2.45) is 0 Å². The zero-order chi connectivity index (χ0) is 14.0. The van der Waals surface area contributed by atoms with Crippen LogP contribution < -0.4 is 4.90 Å². The number of aromatic nitrogens is 1. The first kappa shape index (κ1) is 13.2. The van der Waals surface area contributed by atoms with Crippen LogP contribution in [-0.2, 0) is 0 Å². The van der Waals surface area contributed by atoms with E-state index in [1.807, 2.05) is 0 Å². The molecule has 1 heterocycles. The highest BCUT2D eigenvalue weighted by Gasteiger charge is 2.33. The third-order valence-corrected chi connectivity index (χ3v) is 1.94. The Balaban J connectivity index is 3.71. The van der Waals surface area contributed by atoms with E-state index in [1.54, 1.807) is 0 Å². The number of nitro groups is 3. The van der Waals surface area contributed by atoms with Crippen molar-refractivity contribution in [2.75, 3.05) is 19.0 Å². The van der Waals surface area contributed by atoms with Gasteiger partial charge >= 0.3 is 17.3 Å². The summed E-state index contributed by atoms with van der Waals surface area (Å²) < 4.78 is 0. The molecule has 1 rings (SSSR count). The molecule has 0 unspecified atom stereocenters. The van der Waals surface area contributed by atoms with Gasteiger partial charge in [0.15, 0.2) is 0 Å². The summed E-state index contributed by atoms with van der Waals surface area (Å²) in [4.78, 5) is 33.4. The summed E-state index contributed by atoms with van der Waals surface area (Å²) in [6.07, 6.45) is 0. The molecule has 18 heavy (non-hydrogen) atoms. The fourth-order valence-corrected chi connectivity index (χ4v) is 1.29. The smallest absolute Gasteiger partial charge is 0.365 e. The van der Waals surface area contributed by atoms with Crippen molar-refractivity contribution in [3.63, 3.8) is 0 Å². The van der Waals surface area contributed by atoms with Crippen LogP contribution in [0.2, 0.25) is 0 Å². The number of hydrogen-bond donors (Lipinski definition) is 0. The second-order valence-corrected chi connectivity index (χ2v) is 3.34. The Morgan fingerprint density at radius 3 is 1.94 bits per heavy atom. The van der Waals surface area contributed by atoms with E-state index in [2.05, 4.69) is 4.98 Å². The molecule has 0 spiro atoms. The van der Waals surface area contributed by atoms with Gasteiger partial charge in [0.2, 0.25) is 5.69 Å². The summed E-state index contributed by atoms with van der Waals surface area (Å²) in [6, 6.07) is 0.586. The highest BCUT2D eigenvalue weighted by atomic mass is 16.6. The van der Waals surface area contributed by atoms with Gasteiger partial charge in [-0.15, -0.1) is 0 Å². The van der Waals surface area contributed by atoms with Crippen molar-refractivity contribution in [2.45, 2.75) is 0 Å². The molecule has 0 N–H and O–H groups in total. The van der Waals surface area contributed by atoms with E-state index >= 15 is 0 Å². The van der Waals surface area contributed by atoms with Gasteiger partial charge in [0, 0.05) is 19.1 Å². The summed E-state index contributed by atoms with van der Waals surface area (Å²) >= 11 is 0. The predicted molar refractivity (Wildman–Crippen MR) is 58.5 cm³/mol. The van der Waals surface area contributed by atoms with E-state index < -0.39 is 37.8 Å². The third-order valence-electron chi connectivity index (χ3n) is 1.94. The van der Waals surface area contributed by atoms with Crippen LogP contribution in [-0.4, -0.2) is 33.8 Å². The lowest BCUT2D eigenvalue weighted by Crippen LogP contribution is -2.15. The maximum Gasteiger partial charge on any atom is 0.399 e. The first-order chi connectivity index (χ1) is 8.25. The molecule has 0 aromatic carbocycles.